The van der Waals surface area contributed by atoms with E-state index >= 15 is 0 Å². The first-order chi connectivity index (χ1) is 9.09. The van der Waals surface area contributed by atoms with Crippen molar-refractivity contribution in [1.82, 2.24) is 0 Å². The number of carbonyl (C=O) groups is 1. The summed E-state index contributed by atoms with van der Waals surface area (Å²) in [6.07, 6.45) is 0. The lowest BCUT2D eigenvalue weighted by Crippen LogP contribution is -2.00. The van der Waals surface area contributed by atoms with Gasteiger partial charge in [-0.1, -0.05) is 35.9 Å². The second-order valence-corrected chi connectivity index (χ2v) is 6.08. The van der Waals surface area contributed by atoms with Crippen LogP contribution in [-0.2, 0) is 5.75 Å². The Morgan fingerprint density at radius 3 is 2.63 bits per heavy atom. The maximum absolute atomic E-state index is 11.3. The number of hydrogen-bond acceptors (Lipinski definition) is 2. The summed E-state index contributed by atoms with van der Waals surface area (Å²) in [5, 5.41) is 9.93. The Labute approximate surface area is 128 Å². The van der Waals surface area contributed by atoms with Crippen molar-refractivity contribution in [1.29, 1.82) is 0 Å². The van der Waals surface area contributed by atoms with Gasteiger partial charge in [-0.2, -0.15) is 0 Å². The zero-order valence-electron chi connectivity index (χ0n) is 9.77. The van der Waals surface area contributed by atoms with Gasteiger partial charge in [0.25, 0.3) is 0 Å². The lowest BCUT2D eigenvalue weighted by atomic mass is 10.2. The van der Waals surface area contributed by atoms with E-state index in [2.05, 4.69) is 15.9 Å². The fourth-order valence-electron chi connectivity index (χ4n) is 1.60. The SMILES string of the molecule is O=C(O)c1c(Br)cccc1SCc1ccccc1Cl. The number of rotatable bonds is 4. The van der Waals surface area contributed by atoms with Gasteiger partial charge in [0.05, 0.1) is 5.56 Å². The Kier molecular flexibility index (Phi) is 4.91. The van der Waals surface area contributed by atoms with Crippen molar-refractivity contribution in [3.05, 3.63) is 63.1 Å². The average Bonchev–Trinajstić information content (AvgIpc) is 2.37. The monoisotopic (exact) mass is 356 g/mol. The Bertz CT molecular complexity index is 616. The summed E-state index contributed by atoms with van der Waals surface area (Å²) in [5.74, 6) is -0.301. The number of thioether (sulfide) groups is 1. The van der Waals surface area contributed by atoms with Crippen LogP contribution in [0.5, 0.6) is 0 Å². The zero-order valence-corrected chi connectivity index (χ0v) is 12.9. The molecule has 0 aliphatic carbocycles. The van der Waals surface area contributed by atoms with Gasteiger partial charge in [-0.15, -0.1) is 11.8 Å². The Balaban J connectivity index is 2.23. The highest BCUT2D eigenvalue weighted by Crippen LogP contribution is 2.32. The molecule has 1 N–H and O–H groups in total. The summed E-state index contributed by atoms with van der Waals surface area (Å²) in [6, 6.07) is 12.9. The minimum absolute atomic E-state index is 0.291. The maximum Gasteiger partial charge on any atom is 0.337 e. The average molecular weight is 358 g/mol. The fraction of sp³-hybridized carbons (Fsp3) is 0.0714. The van der Waals surface area contributed by atoms with Crippen LogP contribution in [0.25, 0.3) is 0 Å². The van der Waals surface area contributed by atoms with Gasteiger partial charge in [0.2, 0.25) is 0 Å². The van der Waals surface area contributed by atoms with Gasteiger partial charge in [-0.25, -0.2) is 4.79 Å². The molecule has 0 fully saturated rings. The van der Waals surface area contributed by atoms with Gasteiger partial charge in [-0.05, 0) is 39.7 Å². The van der Waals surface area contributed by atoms with Gasteiger partial charge in [0.15, 0.2) is 0 Å². The molecule has 0 aliphatic rings. The molecular weight excluding hydrogens is 348 g/mol. The van der Waals surface area contributed by atoms with Crippen molar-refractivity contribution in [3.63, 3.8) is 0 Å². The topological polar surface area (TPSA) is 37.3 Å². The summed E-state index contributed by atoms with van der Waals surface area (Å²) in [4.78, 5) is 12.0. The first-order valence-corrected chi connectivity index (χ1v) is 7.63. The van der Waals surface area contributed by atoms with Crippen molar-refractivity contribution < 1.29 is 9.90 Å². The first kappa shape index (κ1) is 14.4. The molecule has 0 amide bonds. The quantitative estimate of drug-likeness (QED) is 0.774. The molecule has 0 saturated carbocycles. The van der Waals surface area contributed by atoms with Crippen LogP contribution in [-0.4, -0.2) is 11.1 Å². The molecule has 2 rings (SSSR count). The van der Waals surface area contributed by atoms with Crippen molar-refractivity contribution in [2.45, 2.75) is 10.6 Å². The summed E-state index contributed by atoms with van der Waals surface area (Å²) in [6.45, 7) is 0. The molecule has 19 heavy (non-hydrogen) atoms. The third kappa shape index (κ3) is 3.53. The fourth-order valence-corrected chi connectivity index (χ4v) is 3.63. The number of carboxylic acids is 1. The molecule has 98 valence electrons. The standard InChI is InChI=1S/C14H10BrClO2S/c15-10-5-3-7-12(13(10)14(17)18)19-8-9-4-1-2-6-11(9)16/h1-7H,8H2,(H,17,18). The summed E-state index contributed by atoms with van der Waals surface area (Å²) in [5.41, 5.74) is 1.28. The number of aromatic carboxylic acids is 1. The number of halogens is 2. The highest BCUT2D eigenvalue weighted by atomic mass is 79.9. The van der Waals surface area contributed by atoms with E-state index in [0.717, 1.165) is 10.5 Å². The molecule has 0 aromatic heterocycles. The molecule has 0 spiro atoms. The smallest absolute Gasteiger partial charge is 0.337 e. The van der Waals surface area contributed by atoms with Gasteiger partial charge < -0.3 is 5.11 Å². The summed E-state index contributed by atoms with van der Waals surface area (Å²) in [7, 11) is 0. The van der Waals surface area contributed by atoms with Crippen LogP contribution in [0.4, 0.5) is 0 Å². The Morgan fingerprint density at radius 2 is 1.95 bits per heavy atom. The molecule has 0 unspecified atom stereocenters. The summed E-state index contributed by atoms with van der Waals surface area (Å²) >= 11 is 10.8. The number of carboxylic acid groups (broad SMARTS) is 1. The molecule has 2 nitrogen and oxygen atoms in total. The largest absolute Gasteiger partial charge is 0.478 e. The molecule has 0 aliphatic heterocycles. The molecule has 0 radical (unpaired) electrons. The van der Waals surface area contributed by atoms with Crippen molar-refractivity contribution in [2.24, 2.45) is 0 Å². The van der Waals surface area contributed by atoms with E-state index in [4.69, 9.17) is 11.6 Å². The van der Waals surface area contributed by atoms with E-state index in [1.165, 1.54) is 11.8 Å². The van der Waals surface area contributed by atoms with Crippen LogP contribution in [0.1, 0.15) is 15.9 Å². The lowest BCUT2D eigenvalue weighted by Gasteiger charge is -2.08. The van der Waals surface area contributed by atoms with Gasteiger partial charge in [0.1, 0.15) is 0 Å². The van der Waals surface area contributed by atoms with Gasteiger partial charge in [0, 0.05) is 20.1 Å². The molecule has 0 saturated heterocycles. The molecule has 0 atom stereocenters. The molecule has 5 heteroatoms. The minimum Gasteiger partial charge on any atom is -0.478 e. The second kappa shape index (κ2) is 6.46. The minimum atomic E-state index is -0.936. The normalized spacial score (nSPS) is 10.4. The highest BCUT2D eigenvalue weighted by Gasteiger charge is 2.14. The molecule has 0 bridgehead atoms. The van der Waals surface area contributed by atoms with Crippen LogP contribution in [0.15, 0.2) is 51.8 Å². The zero-order chi connectivity index (χ0) is 13.8. The van der Waals surface area contributed by atoms with Crippen LogP contribution in [0, 0.1) is 0 Å². The number of hydrogen-bond donors (Lipinski definition) is 1. The Morgan fingerprint density at radius 1 is 1.21 bits per heavy atom. The second-order valence-electron chi connectivity index (χ2n) is 3.80. The van der Waals surface area contributed by atoms with E-state index in [9.17, 15) is 9.90 Å². The van der Waals surface area contributed by atoms with Crippen LogP contribution < -0.4 is 0 Å². The highest BCUT2D eigenvalue weighted by molar-refractivity contribution is 9.10. The van der Waals surface area contributed by atoms with E-state index in [0.29, 0.717) is 20.8 Å². The van der Waals surface area contributed by atoms with E-state index < -0.39 is 5.97 Å². The van der Waals surface area contributed by atoms with Crippen molar-refractivity contribution in [2.75, 3.05) is 0 Å². The predicted molar refractivity (Wildman–Crippen MR) is 82.1 cm³/mol. The Hall–Kier alpha value is -0.970. The predicted octanol–water partition coefficient (Wildman–Crippen LogP) is 5.09. The third-order valence-corrected chi connectivity index (χ3v) is 4.67. The van der Waals surface area contributed by atoms with Crippen LogP contribution in [0.3, 0.4) is 0 Å². The third-order valence-electron chi connectivity index (χ3n) is 2.53. The van der Waals surface area contributed by atoms with E-state index in [1.54, 1.807) is 12.1 Å². The van der Waals surface area contributed by atoms with Gasteiger partial charge in [-0.3, -0.25) is 0 Å². The van der Waals surface area contributed by atoms with Crippen molar-refractivity contribution >= 4 is 45.3 Å². The molecule has 0 heterocycles. The van der Waals surface area contributed by atoms with Crippen molar-refractivity contribution in [3.8, 4) is 0 Å². The van der Waals surface area contributed by atoms with E-state index in [-0.39, 0.29) is 0 Å². The first-order valence-electron chi connectivity index (χ1n) is 5.47. The van der Waals surface area contributed by atoms with E-state index in [1.807, 2.05) is 30.3 Å². The lowest BCUT2D eigenvalue weighted by molar-refractivity contribution is 0.0692. The molecule has 2 aromatic carbocycles. The molecular formula is C14H10BrClO2S. The number of benzene rings is 2. The van der Waals surface area contributed by atoms with Crippen LogP contribution in [0.2, 0.25) is 5.02 Å². The maximum atomic E-state index is 11.3. The molecule has 2 aromatic rings. The van der Waals surface area contributed by atoms with Gasteiger partial charge >= 0.3 is 5.97 Å². The summed E-state index contributed by atoms with van der Waals surface area (Å²) < 4.78 is 0.587. The van der Waals surface area contributed by atoms with Crippen LogP contribution >= 0.6 is 39.3 Å².